The van der Waals surface area contributed by atoms with Crippen LogP contribution in [0, 0.1) is 23.7 Å². The van der Waals surface area contributed by atoms with Crippen LogP contribution in [0.15, 0.2) is 30.3 Å². The summed E-state index contributed by atoms with van der Waals surface area (Å²) in [5.74, 6) is -2.59. The summed E-state index contributed by atoms with van der Waals surface area (Å²) in [6.07, 6.45) is 1.00. The molecule has 0 bridgehead atoms. The minimum absolute atomic E-state index is 0.00628. The molecule has 1 fully saturated rings. The van der Waals surface area contributed by atoms with Gasteiger partial charge >= 0.3 is 5.97 Å². The van der Waals surface area contributed by atoms with E-state index in [0.29, 0.717) is 39.1 Å². The van der Waals surface area contributed by atoms with Crippen LogP contribution in [0.1, 0.15) is 79.7 Å². The van der Waals surface area contributed by atoms with Crippen LogP contribution >= 0.6 is 0 Å². The van der Waals surface area contributed by atoms with E-state index < -0.39 is 54.3 Å². The molecule has 348 valence electrons. The lowest BCUT2D eigenvalue weighted by Gasteiger charge is -2.41. The molecule has 0 saturated carbocycles. The number of amides is 4. The van der Waals surface area contributed by atoms with Crippen LogP contribution in [-0.2, 0) is 49.3 Å². The Morgan fingerprint density at radius 2 is 1.48 bits per heavy atom. The number of likely N-dealkylation sites (N-methyl/N-ethyl adjacent to an activating group) is 3. The first kappa shape index (κ1) is 53.5. The van der Waals surface area contributed by atoms with Crippen molar-refractivity contribution in [2.45, 2.75) is 123 Å². The van der Waals surface area contributed by atoms with Crippen molar-refractivity contribution in [3.05, 3.63) is 35.9 Å². The quantitative estimate of drug-likeness (QED) is 0.0986. The minimum Gasteiger partial charge on any atom is -0.467 e. The molecule has 1 saturated heterocycles. The van der Waals surface area contributed by atoms with Crippen molar-refractivity contribution in [3.63, 3.8) is 0 Å². The van der Waals surface area contributed by atoms with Crippen LogP contribution in [0.2, 0.25) is 0 Å². The molecule has 0 aromatic heterocycles. The minimum atomic E-state index is -0.898. The van der Waals surface area contributed by atoms with Gasteiger partial charge in [0.15, 0.2) is 0 Å². The van der Waals surface area contributed by atoms with Gasteiger partial charge in [-0.1, -0.05) is 85.2 Å². The highest BCUT2D eigenvalue weighted by Crippen LogP contribution is 2.30. The van der Waals surface area contributed by atoms with E-state index in [4.69, 9.17) is 18.9 Å². The van der Waals surface area contributed by atoms with Crippen LogP contribution in [0.25, 0.3) is 0 Å². The zero-order valence-corrected chi connectivity index (χ0v) is 39.8. The zero-order valence-electron chi connectivity index (χ0n) is 39.8. The Kier molecular flexibility index (Phi) is 23.5. The molecule has 9 atom stereocenters. The van der Waals surface area contributed by atoms with Gasteiger partial charge in [0.1, 0.15) is 12.1 Å². The van der Waals surface area contributed by atoms with Crippen molar-refractivity contribution >= 4 is 29.6 Å². The van der Waals surface area contributed by atoms with Gasteiger partial charge in [0.25, 0.3) is 0 Å². The molecule has 0 radical (unpaired) electrons. The summed E-state index contributed by atoms with van der Waals surface area (Å²) in [6, 6.07) is 6.30. The first-order valence-corrected chi connectivity index (χ1v) is 22.1. The Labute approximate surface area is 366 Å². The number of esters is 1. The highest BCUT2D eigenvalue weighted by Gasteiger charge is 2.43. The maximum Gasteiger partial charge on any atom is 0.328 e. The number of benzene rings is 1. The van der Waals surface area contributed by atoms with Gasteiger partial charge in [0.2, 0.25) is 23.6 Å². The highest BCUT2D eigenvalue weighted by atomic mass is 16.5. The Morgan fingerprint density at radius 1 is 0.836 bits per heavy atom. The highest BCUT2D eigenvalue weighted by molar-refractivity contribution is 5.90. The molecule has 1 aromatic rings. The second-order valence-corrected chi connectivity index (χ2v) is 17.7. The molecular weight excluding hydrogens is 781 g/mol. The van der Waals surface area contributed by atoms with Gasteiger partial charge in [0.05, 0.1) is 63.0 Å². The summed E-state index contributed by atoms with van der Waals surface area (Å²) in [4.78, 5) is 76.7. The van der Waals surface area contributed by atoms with Crippen LogP contribution in [0.3, 0.4) is 0 Å². The number of carbonyl (C=O) groups is 5. The van der Waals surface area contributed by atoms with Crippen LogP contribution in [-0.4, -0.2) is 174 Å². The van der Waals surface area contributed by atoms with E-state index in [0.717, 1.165) is 18.5 Å². The molecule has 0 unspecified atom stereocenters. The molecule has 0 spiro atoms. The van der Waals surface area contributed by atoms with Crippen molar-refractivity contribution < 1.29 is 42.9 Å². The van der Waals surface area contributed by atoms with E-state index in [9.17, 15) is 24.0 Å². The zero-order chi connectivity index (χ0) is 46.0. The topological polar surface area (TPSA) is 159 Å². The number of likely N-dealkylation sites (tertiary alicyclic amines) is 1. The monoisotopic (exact) mass is 861 g/mol. The molecule has 2 rings (SSSR count). The van der Waals surface area contributed by atoms with Crippen LogP contribution in [0.4, 0.5) is 0 Å². The third-order valence-electron chi connectivity index (χ3n) is 12.2. The number of nitrogens with zero attached hydrogens (tertiary/aromatic N) is 4. The Hall–Kier alpha value is -3.63. The first-order valence-electron chi connectivity index (χ1n) is 22.1. The van der Waals surface area contributed by atoms with Crippen molar-refractivity contribution in [2.24, 2.45) is 23.7 Å². The fourth-order valence-electron chi connectivity index (χ4n) is 8.47. The molecule has 61 heavy (non-hydrogen) atoms. The summed E-state index contributed by atoms with van der Waals surface area (Å²) in [5, 5.41) is 5.97. The van der Waals surface area contributed by atoms with Gasteiger partial charge in [-0.25, -0.2) is 4.79 Å². The SMILES string of the molecule is CC[C@H](C)[C@@H]([C@@H](CC(=O)N1CCC[C@H]1[C@H](OC)[C@@H](C)C(=O)N[C@@H](Cc1ccccc1)C(=O)OC)OC)N(C)C(=O)[C@@H](NC(=O)[C@H](C(C)C)N(C)CCOCCN(C)C)C(C)C. The number of hydrogen-bond acceptors (Lipinski definition) is 11. The van der Waals surface area contributed by atoms with Gasteiger partial charge < -0.3 is 44.3 Å². The van der Waals surface area contributed by atoms with Gasteiger partial charge in [-0.2, -0.15) is 0 Å². The second-order valence-electron chi connectivity index (χ2n) is 17.7. The summed E-state index contributed by atoms with van der Waals surface area (Å²) in [7, 11) is 12.0. The average molecular weight is 861 g/mol. The predicted molar refractivity (Wildman–Crippen MR) is 238 cm³/mol. The first-order chi connectivity index (χ1) is 28.8. The molecule has 1 aromatic carbocycles. The number of methoxy groups -OCH3 is 3. The number of hydrogen-bond donors (Lipinski definition) is 2. The van der Waals surface area contributed by atoms with E-state index in [-0.39, 0.29) is 54.2 Å². The molecule has 15 heteroatoms. The molecule has 0 aliphatic carbocycles. The van der Waals surface area contributed by atoms with E-state index in [1.54, 1.807) is 30.9 Å². The van der Waals surface area contributed by atoms with Gasteiger partial charge in [-0.15, -0.1) is 0 Å². The third kappa shape index (κ3) is 15.9. The van der Waals surface area contributed by atoms with Crippen molar-refractivity contribution in [2.75, 3.05) is 82.4 Å². The Bertz CT molecular complexity index is 1500. The largest absolute Gasteiger partial charge is 0.467 e. The molecule has 1 aliphatic rings. The fourth-order valence-corrected chi connectivity index (χ4v) is 8.47. The number of ether oxygens (including phenoxy) is 4. The van der Waals surface area contributed by atoms with Gasteiger partial charge in [-0.05, 0) is 57.3 Å². The van der Waals surface area contributed by atoms with Gasteiger partial charge in [-0.3, -0.25) is 24.1 Å². The molecule has 4 amide bonds. The summed E-state index contributed by atoms with van der Waals surface area (Å²) >= 11 is 0. The molecule has 1 aliphatic heterocycles. The van der Waals surface area contributed by atoms with E-state index in [1.807, 2.05) is 97.9 Å². The van der Waals surface area contributed by atoms with Crippen LogP contribution < -0.4 is 10.6 Å². The summed E-state index contributed by atoms with van der Waals surface area (Å²) in [5.41, 5.74) is 0.873. The third-order valence-corrected chi connectivity index (χ3v) is 12.2. The molecule has 1 heterocycles. The second kappa shape index (κ2) is 26.8. The summed E-state index contributed by atoms with van der Waals surface area (Å²) in [6.45, 7) is 16.6. The maximum atomic E-state index is 14.5. The Morgan fingerprint density at radius 3 is 2.02 bits per heavy atom. The van der Waals surface area contributed by atoms with E-state index in [1.165, 1.54) is 14.2 Å². The lowest BCUT2D eigenvalue weighted by molar-refractivity contribution is -0.149. The number of rotatable bonds is 27. The standard InChI is InChI=1S/C46H80N6O9/c1-15-32(6)41(51(11)45(56)39(30(2)3)48-44(55)40(31(4)5)50(10)25-27-61-26-24-49(8)9)37(58-12)29-38(53)52-23-19-22-36(52)42(59-13)33(7)43(54)47-35(46(57)60-14)28-34-20-17-16-18-21-34/h16-18,20-21,30-33,35-37,39-42H,15,19,22-29H2,1-14H3,(H,47,54)(H,48,55)/t32-,33+,35-,36-,37+,39-,40-,41-,42+/m0/s1. The van der Waals surface area contributed by atoms with E-state index in [2.05, 4.69) is 15.5 Å². The smallest absolute Gasteiger partial charge is 0.328 e. The molecular formula is C46H80N6O9. The summed E-state index contributed by atoms with van der Waals surface area (Å²) < 4.78 is 22.8. The average Bonchev–Trinajstić information content (AvgIpc) is 3.71. The fraction of sp³-hybridized carbons (Fsp3) is 0.761. The van der Waals surface area contributed by atoms with E-state index >= 15 is 0 Å². The van der Waals surface area contributed by atoms with Crippen molar-refractivity contribution in [1.82, 2.24) is 30.2 Å². The van der Waals surface area contributed by atoms with Crippen molar-refractivity contribution in [1.29, 1.82) is 0 Å². The molecule has 2 N–H and O–H groups in total. The molecule has 15 nitrogen and oxygen atoms in total. The lowest BCUT2D eigenvalue weighted by Crippen LogP contribution is -2.60. The Balaban J connectivity index is 2.25. The van der Waals surface area contributed by atoms with Gasteiger partial charge in [0, 0.05) is 47.3 Å². The van der Waals surface area contributed by atoms with Crippen LogP contribution in [0.5, 0.6) is 0 Å². The van der Waals surface area contributed by atoms with Crippen molar-refractivity contribution in [3.8, 4) is 0 Å². The lowest BCUT2D eigenvalue weighted by atomic mass is 9.89. The maximum absolute atomic E-state index is 14.5. The predicted octanol–water partition coefficient (Wildman–Crippen LogP) is 3.48. The normalized spacial score (nSPS) is 18.3. The number of nitrogens with one attached hydrogen (secondary N) is 2. The number of carbonyl (C=O) groups excluding carboxylic acids is 5.